The SMILES string of the molecule is NCc1ccc(S(=O)(=O)NCCOCC(F)(F)F)nc1. The van der Waals surface area contributed by atoms with E-state index < -0.39 is 22.8 Å². The van der Waals surface area contributed by atoms with Crippen molar-refractivity contribution >= 4 is 10.0 Å². The van der Waals surface area contributed by atoms with Crippen molar-refractivity contribution in [2.75, 3.05) is 19.8 Å². The fraction of sp³-hybridized carbons (Fsp3) is 0.500. The minimum absolute atomic E-state index is 0.228. The first kappa shape index (κ1) is 16.8. The normalized spacial score (nSPS) is 12.6. The summed E-state index contributed by atoms with van der Waals surface area (Å²) in [5.41, 5.74) is 6.01. The molecule has 0 fully saturated rings. The molecule has 1 rings (SSSR count). The van der Waals surface area contributed by atoms with E-state index in [0.717, 1.165) is 0 Å². The van der Waals surface area contributed by atoms with Gasteiger partial charge in [0, 0.05) is 19.3 Å². The molecule has 6 nitrogen and oxygen atoms in total. The molecule has 0 saturated heterocycles. The number of sulfonamides is 1. The van der Waals surface area contributed by atoms with Crippen molar-refractivity contribution in [1.82, 2.24) is 9.71 Å². The highest BCUT2D eigenvalue weighted by atomic mass is 32.2. The predicted molar refractivity (Wildman–Crippen MR) is 64.2 cm³/mol. The second-order valence-corrected chi connectivity index (χ2v) is 5.49. The second-order valence-electron chi connectivity index (χ2n) is 3.77. The summed E-state index contributed by atoms with van der Waals surface area (Å²) in [4.78, 5) is 3.71. The van der Waals surface area contributed by atoms with E-state index in [1.807, 2.05) is 0 Å². The van der Waals surface area contributed by atoms with Crippen molar-refractivity contribution in [1.29, 1.82) is 0 Å². The predicted octanol–water partition coefficient (Wildman–Crippen LogP) is 0.397. The highest BCUT2D eigenvalue weighted by molar-refractivity contribution is 7.89. The Balaban J connectivity index is 2.45. The molecule has 0 spiro atoms. The molecule has 0 bridgehead atoms. The van der Waals surface area contributed by atoms with Crippen LogP contribution in [0.3, 0.4) is 0 Å². The Labute approximate surface area is 114 Å². The highest BCUT2D eigenvalue weighted by Gasteiger charge is 2.27. The van der Waals surface area contributed by atoms with Gasteiger partial charge < -0.3 is 10.5 Å². The van der Waals surface area contributed by atoms with Gasteiger partial charge in [0.1, 0.15) is 6.61 Å². The lowest BCUT2D eigenvalue weighted by Gasteiger charge is -2.09. The van der Waals surface area contributed by atoms with Crippen molar-refractivity contribution in [3.05, 3.63) is 23.9 Å². The van der Waals surface area contributed by atoms with Crippen LogP contribution in [0.1, 0.15) is 5.56 Å². The maximum Gasteiger partial charge on any atom is 0.411 e. The largest absolute Gasteiger partial charge is 0.411 e. The maximum atomic E-state index is 11.8. The standard InChI is InChI=1S/C10H14F3N3O3S/c11-10(12,13)7-19-4-3-16-20(17,18)9-2-1-8(5-14)6-15-9/h1-2,6,16H,3-5,7,14H2. The molecule has 20 heavy (non-hydrogen) atoms. The van der Waals surface area contributed by atoms with Gasteiger partial charge in [0.2, 0.25) is 0 Å². The lowest BCUT2D eigenvalue weighted by atomic mass is 10.3. The number of halogens is 3. The zero-order valence-corrected chi connectivity index (χ0v) is 11.2. The van der Waals surface area contributed by atoms with Gasteiger partial charge in [-0.3, -0.25) is 0 Å². The van der Waals surface area contributed by atoms with Gasteiger partial charge in [0.15, 0.2) is 5.03 Å². The van der Waals surface area contributed by atoms with Crippen LogP contribution in [0.2, 0.25) is 0 Å². The number of hydrogen-bond donors (Lipinski definition) is 2. The Bertz CT molecular complexity index is 517. The summed E-state index contributed by atoms with van der Waals surface area (Å²) >= 11 is 0. The van der Waals surface area contributed by atoms with Crippen molar-refractivity contribution in [2.24, 2.45) is 5.73 Å². The quantitative estimate of drug-likeness (QED) is 0.711. The fourth-order valence-electron chi connectivity index (χ4n) is 1.20. The Morgan fingerprint density at radius 1 is 1.35 bits per heavy atom. The molecule has 0 unspecified atom stereocenters. The molecule has 1 aromatic heterocycles. The minimum atomic E-state index is -4.43. The molecule has 0 aromatic carbocycles. The van der Waals surface area contributed by atoms with Gasteiger partial charge in [-0.05, 0) is 11.6 Å². The van der Waals surface area contributed by atoms with Gasteiger partial charge in [-0.25, -0.2) is 18.1 Å². The van der Waals surface area contributed by atoms with Crippen molar-refractivity contribution < 1.29 is 26.3 Å². The van der Waals surface area contributed by atoms with Crippen LogP contribution in [0, 0.1) is 0 Å². The van der Waals surface area contributed by atoms with Crippen LogP contribution in [-0.4, -0.2) is 39.3 Å². The molecule has 1 heterocycles. The van der Waals surface area contributed by atoms with Crippen LogP contribution in [-0.2, 0) is 21.3 Å². The van der Waals surface area contributed by atoms with Gasteiger partial charge in [0.05, 0.1) is 6.61 Å². The fourth-order valence-corrected chi connectivity index (χ4v) is 2.14. The number of rotatable bonds is 7. The van der Waals surface area contributed by atoms with Gasteiger partial charge in [0.25, 0.3) is 10.0 Å². The number of nitrogens with one attached hydrogen (secondary N) is 1. The average molecular weight is 313 g/mol. The number of alkyl halides is 3. The Hall–Kier alpha value is -1.23. The zero-order valence-electron chi connectivity index (χ0n) is 10.4. The van der Waals surface area contributed by atoms with E-state index >= 15 is 0 Å². The molecule has 10 heteroatoms. The maximum absolute atomic E-state index is 11.8. The Morgan fingerprint density at radius 3 is 2.55 bits per heavy atom. The molecule has 0 aliphatic heterocycles. The van der Waals surface area contributed by atoms with Crippen molar-refractivity contribution in [2.45, 2.75) is 17.7 Å². The lowest BCUT2D eigenvalue weighted by Crippen LogP contribution is -2.29. The molecule has 0 aliphatic rings. The van der Waals surface area contributed by atoms with Crippen LogP contribution >= 0.6 is 0 Å². The molecule has 0 saturated carbocycles. The zero-order chi connectivity index (χ0) is 15.2. The first-order valence-electron chi connectivity index (χ1n) is 5.54. The van der Waals surface area contributed by atoms with Crippen LogP contribution in [0.5, 0.6) is 0 Å². The third kappa shape index (κ3) is 5.82. The summed E-state index contributed by atoms with van der Waals surface area (Å²) in [5.74, 6) is 0. The molecule has 0 radical (unpaired) electrons. The molecule has 3 N–H and O–H groups in total. The summed E-state index contributed by atoms with van der Waals surface area (Å²) in [6, 6.07) is 2.77. The second kappa shape index (κ2) is 6.97. The van der Waals surface area contributed by atoms with Crippen LogP contribution < -0.4 is 10.5 Å². The third-order valence-corrected chi connectivity index (χ3v) is 3.49. The van der Waals surface area contributed by atoms with Crippen LogP contribution in [0.25, 0.3) is 0 Å². The monoisotopic (exact) mass is 313 g/mol. The van der Waals surface area contributed by atoms with Gasteiger partial charge in [-0.1, -0.05) is 6.07 Å². The van der Waals surface area contributed by atoms with E-state index in [1.165, 1.54) is 18.3 Å². The third-order valence-electron chi connectivity index (χ3n) is 2.11. The minimum Gasteiger partial charge on any atom is -0.371 e. The van der Waals surface area contributed by atoms with Gasteiger partial charge in [-0.2, -0.15) is 13.2 Å². The summed E-state index contributed by atoms with van der Waals surface area (Å²) in [5, 5.41) is -0.231. The van der Waals surface area contributed by atoms with E-state index in [4.69, 9.17) is 5.73 Å². The number of nitrogens with zero attached hydrogens (tertiary/aromatic N) is 1. The van der Waals surface area contributed by atoms with Crippen LogP contribution in [0.4, 0.5) is 13.2 Å². The van der Waals surface area contributed by atoms with Gasteiger partial charge >= 0.3 is 6.18 Å². The first-order chi connectivity index (χ1) is 9.24. The van der Waals surface area contributed by atoms with Gasteiger partial charge in [-0.15, -0.1) is 0 Å². The van der Waals surface area contributed by atoms with E-state index in [9.17, 15) is 21.6 Å². The van der Waals surface area contributed by atoms with E-state index in [0.29, 0.717) is 5.56 Å². The summed E-state index contributed by atoms with van der Waals surface area (Å²) in [7, 11) is -3.86. The molecule has 0 amide bonds. The summed E-state index contributed by atoms with van der Waals surface area (Å²) in [6.07, 6.45) is -3.12. The highest BCUT2D eigenvalue weighted by Crippen LogP contribution is 2.14. The average Bonchev–Trinajstić information content (AvgIpc) is 2.37. The number of nitrogens with two attached hydrogens (primary N) is 1. The smallest absolute Gasteiger partial charge is 0.371 e. The Morgan fingerprint density at radius 2 is 2.05 bits per heavy atom. The molecular formula is C10H14F3N3O3S. The lowest BCUT2D eigenvalue weighted by molar-refractivity contribution is -0.173. The van der Waals surface area contributed by atoms with Crippen molar-refractivity contribution in [3.8, 4) is 0 Å². The molecular weight excluding hydrogens is 299 g/mol. The number of ether oxygens (including phenoxy) is 1. The number of pyridine rings is 1. The molecule has 0 atom stereocenters. The van der Waals surface area contributed by atoms with E-state index in [-0.39, 0.29) is 24.7 Å². The summed E-state index contributed by atoms with van der Waals surface area (Å²) < 4.78 is 65.1. The molecule has 114 valence electrons. The van der Waals surface area contributed by atoms with Crippen molar-refractivity contribution in [3.63, 3.8) is 0 Å². The van der Waals surface area contributed by atoms with E-state index in [2.05, 4.69) is 14.4 Å². The first-order valence-corrected chi connectivity index (χ1v) is 7.02. The van der Waals surface area contributed by atoms with Crippen LogP contribution in [0.15, 0.2) is 23.4 Å². The Kier molecular flexibility index (Phi) is 5.87. The molecule has 1 aromatic rings. The molecule has 0 aliphatic carbocycles. The summed E-state index contributed by atoms with van der Waals surface area (Å²) in [6.45, 7) is -1.86. The number of aromatic nitrogens is 1. The van der Waals surface area contributed by atoms with E-state index in [1.54, 1.807) is 0 Å². The topological polar surface area (TPSA) is 94.3 Å². The number of hydrogen-bond acceptors (Lipinski definition) is 5.